The van der Waals surface area contributed by atoms with Crippen molar-refractivity contribution in [1.82, 2.24) is 35.6 Å². The molecule has 3 amide bonds. The molecule has 1 aliphatic heterocycles. The molecule has 0 radical (unpaired) electrons. The van der Waals surface area contributed by atoms with Crippen molar-refractivity contribution in [3.8, 4) is 0 Å². The minimum absolute atomic E-state index is 0.0745. The molecule has 1 aromatic heterocycles. The van der Waals surface area contributed by atoms with Crippen LogP contribution in [0.25, 0.3) is 0 Å². The molecule has 11 heteroatoms. The lowest BCUT2D eigenvalue weighted by atomic mass is 9.72. The summed E-state index contributed by atoms with van der Waals surface area (Å²) < 4.78 is 1.74. The van der Waals surface area contributed by atoms with Crippen LogP contribution in [0.15, 0.2) is 6.20 Å². The maximum atomic E-state index is 13.5. The van der Waals surface area contributed by atoms with Crippen molar-refractivity contribution < 1.29 is 19.6 Å². The van der Waals surface area contributed by atoms with E-state index in [1.807, 2.05) is 13.1 Å². The minimum atomic E-state index is -0.413. The topological polar surface area (TPSA) is 133 Å². The molecule has 11 nitrogen and oxygen atoms in total. The molecule has 1 aromatic rings. The number of carbonyl (C=O) groups is 3. The Morgan fingerprint density at radius 1 is 1.05 bits per heavy atom. The summed E-state index contributed by atoms with van der Waals surface area (Å²) in [5.41, 5.74) is 0.0356. The molecule has 2 saturated carbocycles. The van der Waals surface area contributed by atoms with Gasteiger partial charge in [-0.25, -0.2) is 0 Å². The third-order valence-corrected chi connectivity index (χ3v) is 9.14. The second kappa shape index (κ2) is 13.2. The normalized spacial score (nSPS) is 22.2. The average molecular weight is 546 g/mol. The lowest BCUT2D eigenvalue weighted by Gasteiger charge is -2.47. The summed E-state index contributed by atoms with van der Waals surface area (Å²) in [6.45, 7) is 3.87. The fourth-order valence-corrected chi connectivity index (χ4v) is 7.09. The molecule has 0 bridgehead atoms. The number of hydroxylamine groups is 2. The highest BCUT2D eigenvalue weighted by Gasteiger charge is 2.62. The number of rotatable bonds is 11. The number of amides is 3. The van der Waals surface area contributed by atoms with Gasteiger partial charge in [-0.1, -0.05) is 43.7 Å². The van der Waals surface area contributed by atoms with E-state index in [1.165, 1.54) is 12.8 Å². The fraction of sp³-hybridized carbons (Fsp3) is 0.821. The second-order valence-electron chi connectivity index (χ2n) is 11.8. The summed E-state index contributed by atoms with van der Waals surface area (Å²) in [6.07, 6.45) is 14.2. The lowest BCUT2D eigenvalue weighted by molar-refractivity contribution is -0.231. The zero-order valence-electron chi connectivity index (χ0n) is 23.8. The first-order valence-electron chi connectivity index (χ1n) is 15.0. The first-order valence-corrected chi connectivity index (χ1v) is 15.0. The van der Waals surface area contributed by atoms with Gasteiger partial charge in [0.2, 0.25) is 17.7 Å². The van der Waals surface area contributed by atoms with Crippen LogP contribution in [0.4, 0.5) is 0 Å². The molecule has 1 unspecified atom stereocenters. The molecule has 1 atom stereocenters. The highest BCUT2D eigenvalue weighted by Crippen LogP contribution is 2.55. The zero-order valence-corrected chi connectivity index (χ0v) is 23.8. The number of aryl methyl sites for hydroxylation is 1. The smallest absolute Gasteiger partial charge is 0.225 e. The number of hydrogen-bond acceptors (Lipinski definition) is 7. The van der Waals surface area contributed by atoms with Gasteiger partial charge in [0.1, 0.15) is 5.69 Å². The predicted octanol–water partition coefficient (Wildman–Crippen LogP) is 2.78. The van der Waals surface area contributed by atoms with Gasteiger partial charge in [0.15, 0.2) is 0 Å². The van der Waals surface area contributed by atoms with E-state index >= 15 is 0 Å². The van der Waals surface area contributed by atoms with Crippen LogP contribution in [0.1, 0.15) is 103 Å². The molecule has 0 aromatic carbocycles. The first-order chi connectivity index (χ1) is 18.8. The van der Waals surface area contributed by atoms with Crippen LogP contribution in [0.2, 0.25) is 0 Å². The van der Waals surface area contributed by atoms with Crippen LogP contribution in [-0.4, -0.2) is 79.1 Å². The lowest BCUT2D eigenvalue weighted by Crippen LogP contribution is -2.56. The SMILES string of the molecule is CCNC(=O)CCC(=O)N(C)Cc1cn(CCCNC(=O)C2CC3(CCCCC3)N(O)C23CCCCC3)nn1. The number of carbonyl (C=O) groups excluding carboxylic acids is 3. The Morgan fingerprint density at radius 3 is 2.44 bits per heavy atom. The van der Waals surface area contributed by atoms with E-state index in [9.17, 15) is 19.6 Å². The van der Waals surface area contributed by atoms with Gasteiger partial charge in [-0.3, -0.25) is 19.1 Å². The molecule has 2 spiro atoms. The van der Waals surface area contributed by atoms with Gasteiger partial charge in [0, 0.05) is 45.1 Å². The van der Waals surface area contributed by atoms with E-state index in [-0.39, 0.29) is 42.0 Å². The van der Waals surface area contributed by atoms with Crippen LogP contribution < -0.4 is 10.6 Å². The van der Waals surface area contributed by atoms with Crippen LogP contribution in [0.3, 0.4) is 0 Å². The van der Waals surface area contributed by atoms with Crippen molar-refractivity contribution in [3.05, 3.63) is 11.9 Å². The third-order valence-electron chi connectivity index (χ3n) is 9.14. The molecule has 3 N–H and O–H groups in total. The summed E-state index contributed by atoms with van der Waals surface area (Å²) in [4.78, 5) is 38.9. The van der Waals surface area contributed by atoms with E-state index in [0.717, 1.165) is 57.8 Å². The Balaban J connectivity index is 1.23. The van der Waals surface area contributed by atoms with Gasteiger partial charge in [0.25, 0.3) is 0 Å². The van der Waals surface area contributed by atoms with Crippen LogP contribution in [0.5, 0.6) is 0 Å². The summed E-state index contributed by atoms with van der Waals surface area (Å²) in [6, 6.07) is 0. The van der Waals surface area contributed by atoms with E-state index in [4.69, 9.17) is 0 Å². The largest absolute Gasteiger partial charge is 0.356 e. The molecular weight excluding hydrogens is 498 g/mol. The van der Waals surface area contributed by atoms with Crippen molar-refractivity contribution in [2.75, 3.05) is 20.1 Å². The zero-order chi connectivity index (χ0) is 27.9. The van der Waals surface area contributed by atoms with Gasteiger partial charge in [-0.15, -0.1) is 5.10 Å². The third kappa shape index (κ3) is 6.80. The molecule has 4 rings (SSSR count). The summed E-state index contributed by atoms with van der Waals surface area (Å²) in [5.74, 6) is -0.329. The quantitative estimate of drug-likeness (QED) is 0.364. The highest BCUT2D eigenvalue weighted by molar-refractivity contribution is 5.83. The number of nitrogens with one attached hydrogen (secondary N) is 2. The van der Waals surface area contributed by atoms with Crippen molar-refractivity contribution in [1.29, 1.82) is 0 Å². The van der Waals surface area contributed by atoms with E-state index in [1.54, 1.807) is 21.7 Å². The first kappa shape index (κ1) is 29.5. The van der Waals surface area contributed by atoms with Crippen LogP contribution in [0, 0.1) is 5.92 Å². The summed E-state index contributed by atoms with van der Waals surface area (Å²) in [7, 11) is 1.70. The number of nitrogens with zero attached hydrogens (tertiary/aromatic N) is 5. The molecule has 1 saturated heterocycles. The fourth-order valence-electron chi connectivity index (χ4n) is 7.09. The Kier molecular flexibility index (Phi) is 9.98. The van der Waals surface area contributed by atoms with Gasteiger partial charge in [-0.05, 0) is 45.4 Å². The minimum Gasteiger partial charge on any atom is -0.356 e. The Morgan fingerprint density at radius 2 is 1.74 bits per heavy atom. The number of aromatic nitrogens is 3. The van der Waals surface area contributed by atoms with Gasteiger partial charge >= 0.3 is 0 Å². The Bertz CT molecular complexity index is 984. The van der Waals surface area contributed by atoms with Crippen LogP contribution >= 0.6 is 0 Å². The molecule has 3 fully saturated rings. The second-order valence-corrected chi connectivity index (χ2v) is 11.8. The van der Waals surface area contributed by atoms with E-state index in [2.05, 4.69) is 20.9 Å². The predicted molar refractivity (Wildman–Crippen MR) is 145 cm³/mol. The number of hydrogen-bond donors (Lipinski definition) is 3. The van der Waals surface area contributed by atoms with Crippen molar-refractivity contribution in [2.24, 2.45) is 5.92 Å². The Labute approximate surface area is 232 Å². The summed E-state index contributed by atoms with van der Waals surface area (Å²) >= 11 is 0. The molecule has 2 heterocycles. The van der Waals surface area contributed by atoms with Crippen molar-refractivity contribution in [3.63, 3.8) is 0 Å². The molecule has 39 heavy (non-hydrogen) atoms. The molecular formula is C28H47N7O4. The maximum absolute atomic E-state index is 13.5. The Hall–Kier alpha value is -2.53. The monoisotopic (exact) mass is 545 g/mol. The van der Waals surface area contributed by atoms with E-state index in [0.29, 0.717) is 38.3 Å². The van der Waals surface area contributed by atoms with Crippen molar-refractivity contribution >= 4 is 17.7 Å². The average Bonchev–Trinajstić information content (AvgIpc) is 3.47. The molecule has 3 aliphatic rings. The van der Waals surface area contributed by atoms with Gasteiger partial charge in [-0.2, -0.15) is 5.06 Å². The highest BCUT2D eigenvalue weighted by atomic mass is 16.5. The molecule has 2 aliphatic carbocycles. The molecule has 218 valence electrons. The standard InChI is InChI=1S/C28H47N7O4/c1-3-29-24(36)11-12-25(37)33(2)20-22-21-34(32-31-22)18-10-17-30-26(38)23-19-27(13-6-4-7-14-27)35(39)28(23)15-8-5-9-16-28/h21,23,39H,3-20H2,1-2H3,(H,29,36)(H,30,38). The van der Waals surface area contributed by atoms with Gasteiger partial charge < -0.3 is 20.7 Å². The maximum Gasteiger partial charge on any atom is 0.225 e. The summed E-state index contributed by atoms with van der Waals surface area (Å²) in [5, 5.41) is 27.4. The van der Waals surface area contributed by atoms with E-state index < -0.39 is 5.54 Å². The van der Waals surface area contributed by atoms with Crippen molar-refractivity contribution in [2.45, 2.75) is 121 Å². The van der Waals surface area contributed by atoms with Crippen LogP contribution in [-0.2, 0) is 27.5 Å². The van der Waals surface area contributed by atoms with Gasteiger partial charge in [0.05, 0.1) is 24.2 Å².